The molecule has 6 heteroatoms. The van der Waals surface area contributed by atoms with Crippen LogP contribution in [0.4, 0.5) is 9.18 Å². The van der Waals surface area contributed by atoms with E-state index in [2.05, 4.69) is 5.32 Å². The summed E-state index contributed by atoms with van der Waals surface area (Å²) in [7, 11) is 3.06. The third-order valence-corrected chi connectivity index (χ3v) is 4.04. The number of carbonyl (C=O) groups is 1. The first kappa shape index (κ1) is 18.1. The van der Waals surface area contributed by atoms with E-state index in [9.17, 15) is 9.18 Å². The molecule has 2 aromatic rings. The van der Waals surface area contributed by atoms with Crippen molar-refractivity contribution in [3.8, 4) is 5.75 Å². The lowest BCUT2D eigenvalue weighted by molar-refractivity contribution is 0.203. The van der Waals surface area contributed by atoms with Gasteiger partial charge in [0.05, 0.1) is 13.2 Å². The molecule has 2 amide bonds. The molecule has 0 saturated heterocycles. The molecule has 0 aliphatic carbocycles. The Bertz CT molecular complexity index is 724. The third kappa shape index (κ3) is 4.38. The molecule has 0 aliphatic heterocycles. The van der Waals surface area contributed by atoms with E-state index < -0.39 is 5.82 Å². The highest BCUT2D eigenvalue weighted by atomic mass is 35.5. The van der Waals surface area contributed by atoms with Gasteiger partial charge < -0.3 is 15.0 Å². The van der Waals surface area contributed by atoms with E-state index in [-0.39, 0.29) is 24.4 Å². The molecule has 0 radical (unpaired) electrons. The van der Waals surface area contributed by atoms with Gasteiger partial charge >= 0.3 is 6.03 Å². The van der Waals surface area contributed by atoms with Crippen LogP contribution in [0.5, 0.6) is 5.75 Å². The van der Waals surface area contributed by atoms with Crippen molar-refractivity contribution in [3.05, 3.63) is 64.4 Å². The minimum absolute atomic E-state index is 0.179. The van der Waals surface area contributed by atoms with Crippen LogP contribution in [0, 0.1) is 5.82 Å². The number of nitrogens with one attached hydrogen (secondary N) is 1. The zero-order valence-corrected chi connectivity index (χ0v) is 14.6. The molecule has 2 rings (SSSR count). The molecule has 0 aromatic heterocycles. The highest BCUT2D eigenvalue weighted by molar-refractivity contribution is 6.31. The summed E-state index contributed by atoms with van der Waals surface area (Å²) in [5.41, 5.74) is 1.52. The fourth-order valence-corrected chi connectivity index (χ4v) is 2.65. The van der Waals surface area contributed by atoms with Gasteiger partial charge in [-0.1, -0.05) is 35.9 Å². The summed E-state index contributed by atoms with van der Waals surface area (Å²) in [5, 5.41) is 3.48. The first-order valence-corrected chi connectivity index (χ1v) is 7.88. The van der Waals surface area contributed by atoms with Gasteiger partial charge in [0, 0.05) is 18.6 Å². The highest BCUT2D eigenvalue weighted by Gasteiger charge is 2.16. The van der Waals surface area contributed by atoms with Gasteiger partial charge in [0.25, 0.3) is 0 Å². The highest BCUT2D eigenvalue weighted by Crippen LogP contribution is 2.22. The lowest BCUT2D eigenvalue weighted by atomic mass is 10.1. The Hall–Kier alpha value is -2.27. The summed E-state index contributed by atoms with van der Waals surface area (Å²) in [6.07, 6.45) is 0. The van der Waals surface area contributed by atoms with Crippen molar-refractivity contribution in [1.82, 2.24) is 10.2 Å². The molecule has 24 heavy (non-hydrogen) atoms. The van der Waals surface area contributed by atoms with Crippen molar-refractivity contribution in [3.63, 3.8) is 0 Å². The van der Waals surface area contributed by atoms with E-state index in [0.29, 0.717) is 10.6 Å². The van der Waals surface area contributed by atoms with E-state index in [1.54, 1.807) is 25.2 Å². The smallest absolute Gasteiger partial charge is 0.317 e. The summed E-state index contributed by atoms with van der Waals surface area (Å²) in [6.45, 7) is 2.14. The van der Waals surface area contributed by atoms with Crippen LogP contribution in [0.2, 0.25) is 5.02 Å². The van der Waals surface area contributed by atoms with Gasteiger partial charge in [-0.25, -0.2) is 9.18 Å². The van der Waals surface area contributed by atoms with Crippen LogP contribution in [0.15, 0.2) is 42.5 Å². The second kappa shape index (κ2) is 8.02. The zero-order valence-electron chi connectivity index (χ0n) is 13.8. The molecule has 1 unspecified atom stereocenters. The lowest BCUT2D eigenvalue weighted by Crippen LogP contribution is -2.38. The van der Waals surface area contributed by atoms with Crippen LogP contribution < -0.4 is 10.1 Å². The van der Waals surface area contributed by atoms with E-state index in [0.717, 1.165) is 5.56 Å². The van der Waals surface area contributed by atoms with E-state index in [4.69, 9.17) is 16.3 Å². The number of hydrogen-bond acceptors (Lipinski definition) is 2. The molecule has 0 aliphatic rings. The third-order valence-electron chi connectivity index (χ3n) is 3.69. The maximum absolute atomic E-state index is 13.7. The van der Waals surface area contributed by atoms with Gasteiger partial charge in [0.1, 0.15) is 0 Å². The summed E-state index contributed by atoms with van der Waals surface area (Å²) in [6, 6.07) is 11.5. The number of benzene rings is 2. The van der Waals surface area contributed by atoms with Crippen LogP contribution in [-0.2, 0) is 6.54 Å². The van der Waals surface area contributed by atoms with Crippen molar-refractivity contribution in [2.45, 2.75) is 19.5 Å². The molecule has 4 nitrogen and oxygen atoms in total. The first-order valence-electron chi connectivity index (χ1n) is 7.51. The molecular formula is C18H20ClFN2O2. The molecule has 1 atom stereocenters. The van der Waals surface area contributed by atoms with E-state index in [1.165, 1.54) is 18.1 Å². The molecule has 0 fully saturated rings. The van der Waals surface area contributed by atoms with Crippen molar-refractivity contribution in [1.29, 1.82) is 0 Å². The minimum Gasteiger partial charge on any atom is -0.494 e. The Morgan fingerprint density at radius 3 is 2.67 bits per heavy atom. The van der Waals surface area contributed by atoms with Gasteiger partial charge in [-0.05, 0) is 36.2 Å². The summed E-state index contributed by atoms with van der Waals surface area (Å²) in [4.78, 5) is 13.8. The Morgan fingerprint density at radius 1 is 1.33 bits per heavy atom. The SMILES string of the molecule is COc1ccc(CN(C)C(=O)NC(C)c2ccccc2Cl)cc1F. The molecule has 0 heterocycles. The number of urea groups is 1. The minimum atomic E-state index is -0.451. The molecule has 128 valence electrons. The molecular weight excluding hydrogens is 331 g/mol. The number of amides is 2. The molecule has 1 N–H and O–H groups in total. The predicted octanol–water partition coefficient (Wildman–Crippen LogP) is 4.39. The van der Waals surface area contributed by atoms with Crippen molar-refractivity contribution < 1.29 is 13.9 Å². The van der Waals surface area contributed by atoms with Crippen molar-refractivity contribution >= 4 is 17.6 Å². The largest absolute Gasteiger partial charge is 0.494 e. The second-order valence-corrected chi connectivity index (χ2v) is 5.92. The molecule has 0 saturated carbocycles. The van der Waals surface area contributed by atoms with E-state index in [1.807, 2.05) is 25.1 Å². The maximum atomic E-state index is 13.7. The van der Waals surface area contributed by atoms with Crippen LogP contribution in [0.3, 0.4) is 0 Å². The standard InChI is InChI=1S/C18H20ClFN2O2/c1-12(14-6-4-5-7-15(14)19)21-18(23)22(2)11-13-8-9-17(24-3)16(20)10-13/h4-10,12H,11H2,1-3H3,(H,21,23). The van der Waals surface area contributed by atoms with E-state index >= 15 is 0 Å². The number of halogens is 2. The average molecular weight is 351 g/mol. The fourth-order valence-electron chi connectivity index (χ4n) is 2.35. The van der Waals surface area contributed by atoms with Gasteiger partial charge in [-0.3, -0.25) is 0 Å². The second-order valence-electron chi connectivity index (χ2n) is 5.52. The number of rotatable bonds is 5. The fraction of sp³-hybridized carbons (Fsp3) is 0.278. The topological polar surface area (TPSA) is 41.6 Å². The Morgan fingerprint density at radius 2 is 2.04 bits per heavy atom. The molecule has 2 aromatic carbocycles. The van der Waals surface area contributed by atoms with Gasteiger partial charge in [-0.15, -0.1) is 0 Å². The quantitative estimate of drug-likeness (QED) is 0.868. The molecule has 0 bridgehead atoms. The number of hydrogen-bond donors (Lipinski definition) is 1. The normalized spacial score (nSPS) is 11.7. The molecule has 0 spiro atoms. The summed E-state index contributed by atoms with van der Waals surface area (Å²) < 4.78 is 18.6. The summed E-state index contributed by atoms with van der Waals surface area (Å²) >= 11 is 6.14. The predicted molar refractivity (Wildman–Crippen MR) is 92.8 cm³/mol. The van der Waals surface area contributed by atoms with Crippen LogP contribution >= 0.6 is 11.6 Å². The van der Waals surface area contributed by atoms with Gasteiger partial charge in [0.2, 0.25) is 0 Å². The number of ether oxygens (including phenoxy) is 1. The van der Waals surface area contributed by atoms with Crippen molar-refractivity contribution in [2.24, 2.45) is 0 Å². The van der Waals surface area contributed by atoms with Crippen LogP contribution in [0.25, 0.3) is 0 Å². The Balaban J connectivity index is 1.99. The zero-order chi connectivity index (χ0) is 17.7. The maximum Gasteiger partial charge on any atom is 0.317 e. The first-order chi connectivity index (χ1) is 11.4. The van der Waals surface area contributed by atoms with Gasteiger partial charge in [0.15, 0.2) is 11.6 Å². The number of methoxy groups -OCH3 is 1. The van der Waals surface area contributed by atoms with Gasteiger partial charge in [-0.2, -0.15) is 0 Å². The Kier molecular flexibility index (Phi) is 6.04. The Labute approximate surface area is 146 Å². The van der Waals surface area contributed by atoms with Crippen LogP contribution in [0.1, 0.15) is 24.1 Å². The monoisotopic (exact) mass is 350 g/mol. The summed E-state index contributed by atoms with van der Waals surface area (Å²) in [5.74, 6) is -0.272. The average Bonchev–Trinajstić information content (AvgIpc) is 2.55. The van der Waals surface area contributed by atoms with Crippen molar-refractivity contribution in [2.75, 3.05) is 14.2 Å². The number of carbonyl (C=O) groups excluding carboxylic acids is 1. The lowest BCUT2D eigenvalue weighted by Gasteiger charge is -2.22. The number of nitrogens with zero attached hydrogens (tertiary/aromatic N) is 1. The van der Waals surface area contributed by atoms with Crippen LogP contribution in [-0.4, -0.2) is 25.1 Å².